The lowest BCUT2D eigenvalue weighted by atomic mass is 10.1. The summed E-state index contributed by atoms with van der Waals surface area (Å²) in [6.07, 6.45) is 22.2. The number of allylic oxidation sites excluding steroid dienone is 7. The lowest BCUT2D eigenvalue weighted by Crippen LogP contribution is -2.32. The maximum absolute atomic E-state index is 11.6. The first-order valence-electron chi connectivity index (χ1n) is 14.5. The maximum atomic E-state index is 11.6. The lowest BCUT2D eigenvalue weighted by molar-refractivity contribution is 0.0574. The predicted molar refractivity (Wildman–Crippen MR) is 176 cm³/mol. The van der Waals surface area contributed by atoms with E-state index in [0.29, 0.717) is 17.2 Å². The van der Waals surface area contributed by atoms with Crippen molar-refractivity contribution in [3.63, 3.8) is 0 Å². The number of thioether (sulfide) groups is 1. The highest BCUT2D eigenvalue weighted by molar-refractivity contribution is 8.14. The molecule has 1 aliphatic heterocycles. The van der Waals surface area contributed by atoms with Gasteiger partial charge in [-0.15, -0.1) is 0 Å². The van der Waals surface area contributed by atoms with Crippen LogP contribution in [0.2, 0.25) is 0 Å². The molecule has 7 nitrogen and oxygen atoms in total. The summed E-state index contributed by atoms with van der Waals surface area (Å²) in [4.78, 5) is 18.4. The van der Waals surface area contributed by atoms with Crippen molar-refractivity contribution in [3.05, 3.63) is 60.3 Å². The number of hydrogen-bond donors (Lipinski definition) is 2. The Hall–Kier alpha value is -1.94. The summed E-state index contributed by atoms with van der Waals surface area (Å²) in [5, 5.41) is 1.27. The van der Waals surface area contributed by atoms with E-state index >= 15 is 0 Å². The number of amides is 1. The molecule has 0 aromatic heterocycles. The molecule has 2 N–H and O–H groups in total. The summed E-state index contributed by atoms with van der Waals surface area (Å²) in [6.45, 7) is 18.1. The molecule has 3 aliphatic rings. The second-order valence-electron chi connectivity index (χ2n) is 10.4. The highest BCUT2D eigenvalue weighted by Gasteiger charge is 2.27. The Morgan fingerprint density at radius 1 is 1.20 bits per heavy atom. The molecule has 3 rings (SSSR count). The summed E-state index contributed by atoms with van der Waals surface area (Å²) in [5.41, 5.74) is 0.957. The Balaban J connectivity index is 0.000000503. The van der Waals surface area contributed by atoms with Gasteiger partial charge >= 0.3 is 6.09 Å². The second-order valence-corrected chi connectivity index (χ2v) is 12.2. The van der Waals surface area contributed by atoms with Gasteiger partial charge in [-0.1, -0.05) is 99.7 Å². The molecule has 0 fully saturated rings. The van der Waals surface area contributed by atoms with Crippen molar-refractivity contribution >= 4 is 35.2 Å². The van der Waals surface area contributed by atoms with E-state index in [1.807, 2.05) is 40.7 Å². The van der Waals surface area contributed by atoms with Crippen LogP contribution in [0.25, 0.3) is 0 Å². The number of rotatable bonds is 11. The molecule has 0 aromatic carbocycles. The molecule has 0 bridgehead atoms. The highest BCUT2D eigenvalue weighted by atomic mass is 32.2. The van der Waals surface area contributed by atoms with Crippen LogP contribution in [0.3, 0.4) is 0 Å². The average molecular weight is 593 g/mol. The van der Waals surface area contributed by atoms with Crippen molar-refractivity contribution in [1.82, 2.24) is 14.3 Å². The number of methoxy groups -OCH3 is 1. The van der Waals surface area contributed by atoms with Crippen LogP contribution < -0.4 is 9.44 Å². The smallest absolute Gasteiger partial charge is 0.418 e. The third-order valence-corrected chi connectivity index (χ3v) is 7.70. The lowest BCUT2D eigenvalue weighted by Gasteiger charge is -2.23. The number of carbonyl (C=O) groups is 1. The molecule has 0 radical (unpaired) electrons. The van der Waals surface area contributed by atoms with Gasteiger partial charge in [0, 0.05) is 25.2 Å². The Morgan fingerprint density at radius 3 is 2.62 bits per heavy atom. The van der Waals surface area contributed by atoms with E-state index < -0.39 is 11.7 Å². The maximum Gasteiger partial charge on any atom is 0.418 e. The van der Waals surface area contributed by atoms with Crippen LogP contribution in [0.5, 0.6) is 0 Å². The molecule has 1 amide bonds. The van der Waals surface area contributed by atoms with E-state index in [0.717, 1.165) is 50.7 Å². The number of aliphatic imine (C=N–C) groups is 1. The van der Waals surface area contributed by atoms with Crippen LogP contribution in [0.15, 0.2) is 65.2 Å². The molecule has 0 aromatic rings. The molecule has 2 aliphatic carbocycles. The quantitative estimate of drug-likeness (QED) is 0.190. The Kier molecular flexibility index (Phi) is 18.8. The molecule has 9 heteroatoms. The Morgan fingerprint density at radius 2 is 1.95 bits per heavy atom. The van der Waals surface area contributed by atoms with E-state index in [1.54, 1.807) is 18.9 Å². The van der Waals surface area contributed by atoms with Gasteiger partial charge in [-0.3, -0.25) is 4.72 Å². The Labute approximate surface area is 252 Å². The van der Waals surface area contributed by atoms with Gasteiger partial charge < -0.3 is 14.4 Å². The minimum absolute atomic E-state index is 0.306. The van der Waals surface area contributed by atoms with Gasteiger partial charge in [-0.05, 0) is 59.0 Å². The van der Waals surface area contributed by atoms with Gasteiger partial charge in [0.25, 0.3) is 0 Å². The SMILES string of the molecule is CC.CCN(CCC1=CCC=CC=C1)CCC(C)CNSNC(=O)OC(C)(C)C.COC1=NC2C=CC=CC2S1. The fourth-order valence-electron chi connectivity index (χ4n) is 3.76. The molecule has 3 atom stereocenters. The molecule has 0 saturated heterocycles. The third-order valence-electron chi connectivity index (χ3n) is 5.94. The molecular formula is C31H52N4O3S2. The van der Waals surface area contributed by atoms with Crippen molar-refractivity contribution in [2.24, 2.45) is 10.9 Å². The zero-order valence-electron chi connectivity index (χ0n) is 25.8. The van der Waals surface area contributed by atoms with Crippen molar-refractivity contribution in [2.75, 3.05) is 33.3 Å². The normalized spacial score (nSPS) is 19.7. The van der Waals surface area contributed by atoms with Gasteiger partial charge in [0.05, 0.1) is 18.4 Å². The summed E-state index contributed by atoms with van der Waals surface area (Å²) in [5.74, 6) is 0.535. The van der Waals surface area contributed by atoms with E-state index in [2.05, 4.69) is 81.8 Å². The molecule has 0 spiro atoms. The molecule has 226 valence electrons. The first-order valence-corrected chi connectivity index (χ1v) is 16.2. The van der Waals surface area contributed by atoms with Gasteiger partial charge in [0.1, 0.15) is 5.60 Å². The number of carbonyl (C=O) groups excluding carboxylic acids is 1. The first kappa shape index (κ1) is 36.1. The van der Waals surface area contributed by atoms with Gasteiger partial charge in [0.15, 0.2) is 0 Å². The van der Waals surface area contributed by atoms with Gasteiger partial charge in [-0.2, -0.15) is 0 Å². The molecule has 0 saturated carbocycles. The van der Waals surface area contributed by atoms with Crippen molar-refractivity contribution in [3.8, 4) is 0 Å². The van der Waals surface area contributed by atoms with Crippen LogP contribution in [0.1, 0.15) is 67.7 Å². The van der Waals surface area contributed by atoms with Crippen LogP contribution in [0, 0.1) is 5.92 Å². The minimum atomic E-state index is -0.472. The number of nitrogens with one attached hydrogen (secondary N) is 2. The van der Waals surface area contributed by atoms with Crippen LogP contribution in [0.4, 0.5) is 4.79 Å². The number of hydrogen-bond acceptors (Lipinski definition) is 8. The molecule has 3 unspecified atom stereocenters. The predicted octanol–water partition coefficient (Wildman–Crippen LogP) is 7.47. The third kappa shape index (κ3) is 16.4. The van der Waals surface area contributed by atoms with E-state index in [1.165, 1.54) is 17.7 Å². The molecule has 1 heterocycles. The van der Waals surface area contributed by atoms with Crippen molar-refractivity contribution in [1.29, 1.82) is 0 Å². The van der Waals surface area contributed by atoms with E-state index in [4.69, 9.17) is 9.47 Å². The number of nitrogens with zero attached hydrogens (tertiary/aromatic N) is 2. The number of fused-ring (bicyclic) bond motifs is 1. The second kappa shape index (κ2) is 20.9. The zero-order chi connectivity index (χ0) is 29.8. The standard InChI is InChI=1S/C21H37N3O2S.C8H9NOS.C2H6/c1-6-24(16-14-19-11-9-7-8-10-12-19)15-13-18(2)17-22-27-23-20(25)26-21(3,4)5;1-10-8-9-6-4-2-3-5-7(6)11-8;1-2/h7-9,11-12,18,22H,6,10,13-17H2,1-5H3,(H,23,25);2-7H,1H3;1-2H3. The zero-order valence-corrected chi connectivity index (χ0v) is 27.4. The van der Waals surface area contributed by atoms with E-state index in [9.17, 15) is 4.79 Å². The first-order chi connectivity index (χ1) is 19.2. The topological polar surface area (TPSA) is 75.2 Å². The van der Waals surface area contributed by atoms with Gasteiger partial charge in [0.2, 0.25) is 5.23 Å². The fraction of sp³-hybridized carbons (Fsp3) is 0.613. The largest absolute Gasteiger partial charge is 0.476 e. The summed E-state index contributed by atoms with van der Waals surface area (Å²) < 4.78 is 16.1. The Bertz CT molecular complexity index is 907. The summed E-state index contributed by atoms with van der Waals surface area (Å²) in [6, 6.07) is 0.306. The average Bonchev–Trinajstić information content (AvgIpc) is 3.19. The molecular weight excluding hydrogens is 541 g/mol. The number of ether oxygens (including phenoxy) is 2. The van der Waals surface area contributed by atoms with Crippen LogP contribution >= 0.6 is 23.9 Å². The van der Waals surface area contributed by atoms with Crippen molar-refractivity contribution in [2.45, 2.75) is 84.6 Å². The van der Waals surface area contributed by atoms with Gasteiger partial charge in [-0.25, -0.2) is 14.5 Å². The van der Waals surface area contributed by atoms with Crippen molar-refractivity contribution < 1.29 is 14.3 Å². The van der Waals surface area contributed by atoms with Crippen LogP contribution in [-0.4, -0.2) is 66.4 Å². The fourth-order valence-corrected chi connectivity index (χ4v) is 5.30. The minimum Gasteiger partial charge on any atom is -0.476 e. The highest BCUT2D eigenvalue weighted by Crippen LogP contribution is 2.30. The summed E-state index contributed by atoms with van der Waals surface area (Å²) >= 11 is 2.88. The monoisotopic (exact) mass is 592 g/mol. The van der Waals surface area contributed by atoms with Crippen LogP contribution in [-0.2, 0) is 9.47 Å². The van der Waals surface area contributed by atoms with E-state index in [-0.39, 0.29) is 0 Å². The molecule has 40 heavy (non-hydrogen) atoms. The summed E-state index contributed by atoms with van der Waals surface area (Å²) in [7, 11) is 1.66.